The number of hydrogen-bond acceptors (Lipinski definition) is 4. The molecule has 0 aliphatic rings. The molecule has 2 amide bonds. The molecule has 4 N–H and O–H groups in total. The van der Waals surface area contributed by atoms with Crippen molar-refractivity contribution in [2.75, 3.05) is 0 Å². The van der Waals surface area contributed by atoms with Gasteiger partial charge in [-0.05, 0) is 6.92 Å². The van der Waals surface area contributed by atoms with E-state index in [0.717, 1.165) is 0 Å². The fraction of sp³-hybridized carbons (Fsp3) is 0.333. The van der Waals surface area contributed by atoms with E-state index in [1.54, 1.807) is 5.48 Å². The molecule has 0 aromatic heterocycles. The molecule has 68 valence electrons. The van der Waals surface area contributed by atoms with Gasteiger partial charge in [-0.1, -0.05) is 6.58 Å². The van der Waals surface area contributed by atoms with Crippen LogP contribution in [-0.2, 0) is 9.63 Å². The Hall–Kier alpha value is -1.56. The minimum absolute atomic E-state index is 0.163. The summed E-state index contributed by atoms with van der Waals surface area (Å²) in [6.45, 7) is 4.56. The maximum Gasteiger partial charge on any atom is 0.361 e. The van der Waals surface area contributed by atoms with E-state index in [0.29, 0.717) is 0 Å². The van der Waals surface area contributed by atoms with E-state index >= 15 is 0 Å². The van der Waals surface area contributed by atoms with Gasteiger partial charge in [-0.3, -0.25) is 0 Å². The third-order valence-corrected chi connectivity index (χ3v) is 1.01. The van der Waals surface area contributed by atoms with Gasteiger partial charge in [-0.15, -0.1) is 0 Å². The first-order chi connectivity index (χ1) is 5.45. The van der Waals surface area contributed by atoms with Crippen molar-refractivity contribution in [2.45, 2.75) is 13.0 Å². The van der Waals surface area contributed by atoms with E-state index in [1.807, 2.05) is 0 Å². The highest BCUT2D eigenvalue weighted by Crippen LogP contribution is 1.99. The Bertz CT molecular complexity index is 212. The quantitative estimate of drug-likeness (QED) is 0.371. The van der Waals surface area contributed by atoms with Crippen molar-refractivity contribution in [3.8, 4) is 0 Å². The second kappa shape index (κ2) is 4.35. The number of primary amides is 1. The smallest absolute Gasteiger partial charge is 0.361 e. The molecule has 1 unspecified atom stereocenters. The average Bonchev–Trinajstić information content (AvgIpc) is 1.98. The highest BCUT2D eigenvalue weighted by Gasteiger charge is 2.14. The van der Waals surface area contributed by atoms with Crippen LogP contribution in [0.15, 0.2) is 12.2 Å². The van der Waals surface area contributed by atoms with Gasteiger partial charge in [-0.25, -0.2) is 9.59 Å². The summed E-state index contributed by atoms with van der Waals surface area (Å²) in [5, 5.41) is 8.81. The third-order valence-electron chi connectivity index (χ3n) is 1.01. The van der Waals surface area contributed by atoms with Gasteiger partial charge in [-0.2, -0.15) is 5.48 Å². The van der Waals surface area contributed by atoms with Crippen LogP contribution in [0.5, 0.6) is 0 Å². The highest BCUT2D eigenvalue weighted by molar-refractivity contribution is 5.89. The van der Waals surface area contributed by atoms with Crippen LogP contribution >= 0.6 is 0 Å². The molecule has 0 aromatic rings. The first-order valence-electron chi connectivity index (χ1n) is 3.08. The van der Waals surface area contributed by atoms with E-state index in [1.165, 1.54) is 6.92 Å². The normalized spacial score (nSPS) is 11.5. The maximum atomic E-state index is 10.7. The molecule has 0 saturated heterocycles. The fourth-order valence-corrected chi connectivity index (χ4v) is 0.333. The van der Waals surface area contributed by atoms with Crippen LogP contribution < -0.4 is 11.2 Å². The lowest BCUT2D eigenvalue weighted by atomic mass is 10.2. The molecule has 6 heteroatoms. The monoisotopic (exact) mass is 174 g/mol. The number of carbonyl (C=O) groups excluding carboxylic acids is 2. The Morgan fingerprint density at radius 1 is 1.67 bits per heavy atom. The van der Waals surface area contributed by atoms with Gasteiger partial charge in [0.05, 0.1) is 11.7 Å². The van der Waals surface area contributed by atoms with Gasteiger partial charge in [0.15, 0.2) is 0 Å². The Labute approximate surface area is 68.9 Å². The molecule has 0 saturated carbocycles. The maximum absolute atomic E-state index is 10.7. The van der Waals surface area contributed by atoms with Gasteiger partial charge in [0.1, 0.15) is 0 Å². The summed E-state index contributed by atoms with van der Waals surface area (Å²) < 4.78 is 0. The molecule has 6 nitrogen and oxygen atoms in total. The zero-order chi connectivity index (χ0) is 9.72. The Balaban J connectivity index is 3.89. The molecular formula is C6H10N2O4. The number of hydroxylamine groups is 1. The summed E-state index contributed by atoms with van der Waals surface area (Å²) in [6, 6.07) is -0.998. The van der Waals surface area contributed by atoms with Crippen LogP contribution in [0.3, 0.4) is 0 Å². The lowest BCUT2D eigenvalue weighted by molar-refractivity contribution is -0.144. The van der Waals surface area contributed by atoms with Gasteiger partial charge in [0.25, 0.3) is 0 Å². The van der Waals surface area contributed by atoms with Crippen LogP contribution in [0.2, 0.25) is 0 Å². The Morgan fingerprint density at radius 2 is 2.17 bits per heavy atom. The second-order valence-corrected chi connectivity index (χ2v) is 2.06. The summed E-state index contributed by atoms with van der Waals surface area (Å²) in [7, 11) is 0. The van der Waals surface area contributed by atoms with Gasteiger partial charge in [0, 0.05) is 0 Å². The number of hydrogen-bond donors (Lipinski definition) is 3. The lowest BCUT2D eigenvalue weighted by Crippen LogP contribution is -2.33. The summed E-state index contributed by atoms with van der Waals surface area (Å²) >= 11 is 0. The zero-order valence-electron chi connectivity index (χ0n) is 6.53. The number of urea groups is 1. The minimum Gasteiger partial charge on any atom is -0.388 e. The molecule has 12 heavy (non-hydrogen) atoms. The largest absolute Gasteiger partial charge is 0.388 e. The van der Waals surface area contributed by atoms with Crippen LogP contribution in [0, 0.1) is 0 Å². The number of rotatable bonds is 2. The molecule has 0 spiro atoms. The summed E-state index contributed by atoms with van der Waals surface area (Å²) in [5.74, 6) is -0.927. The SMILES string of the molecule is C=C(C(=O)ONC(N)=O)C(C)O. The van der Waals surface area contributed by atoms with Crippen molar-refractivity contribution in [3.05, 3.63) is 12.2 Å². The molecule has 1 atom stereocenters. The van der Waals surface area contributed by atoms with Gasteiger partial charge in [0.2, 0.25) is 0 Å². The molecule has 0 radical (unpaired) electrons. The molecule has 0 aliphatic carbocycles. The summed E-state index contributed by atoms with van der Waals surface area (Å²) in [5.41, 5.74) is 6.03. The van der Waals surface area contributed by atoms with E-state index in [4.69, 9.17) is 5.11 Å². The Kier molecular flexibility index (Phi) is 3.78. The van der Waals surface area contributed by atoms with E-state index in [9.17, 15) is 9.59 Å². The Morgan fingerprint density at radius 3 is 2.50 bits per heavy atom. The molecule has 0 aliphatic heterocycles. The zero-order valence-corrected chi connectivity index (χ0v) is 6.53. The first-order valence-corrected chi connectivity index (χ1v) is 3.08. The van der Waals surface area contributed by atoms with Crippen LogP contribution in [0.1, 0.15) is 6.92 Å². The molecule has 0 fully saturated rings. The second-order valence-electron chi connectivity index (χ2n) is 2.06. The topological polar surface area (TPSA) is 102 Å². The number of aliphatic hydroxyl groups excluding tert-OH is 1. The van der Waals surface area contributed by atoms with Crippen LogP contribution in [0.25, 0.3) is 0 Å². The van der Waals surface area contributed by atoms with Crippen molar-refractivity contribution in [2.24, 2.45) is 5.73 Å². The molecule has 0 bridgehead atoms. The van der Waals surface area contributed by atoms with Crippen LogP contribution in [0.4, 0.5) is 4.79 Å². The van der Waals surface area contributed by atoms with E-state index in [-0.39, 0.29) is 5.57 Å². The van der Waals surface area contributed by atoms with Gasteiger partial charge < -0.3 is 15.7 Å². The number of nitrogens with two attached hydrogens (primary N) is 1. The first kappa shape index (κ1) is 10.4. The molecule has 0 rings (SSSR count). The van der Waals surface area contributed by atoms with Crippen molar-refractivity contribution >= 4 is 12.0 Å². The molecule has 0 aromatic carbocycles. The van der Waals surface area contributed by atoms with Crippen LogP contribution in [-0.4, -0.2) is 23.2 Å². The average molecular weight is 174 g/mol. The van der Waals surface area contributed by atoms with Crippen molar-refractivity contribution < 1.29 is 19.5 Å². The third kappa shape index (κ3) is 3.57. The molecular weight excluding hydrogens is 164 g/mol. The van der Waals surface area contributed by atoms with Gasteiger partial charge >= 0.3 is 12.0 Å². The van der Waals surface area contributed by atoms with Crippen molar-refractivity contribution in [3.63, 3.8) is 0 Å². The van der Waals surface area contributed by atoms with Crippen molar-refractivity contribution in [1.82, 2.24) is 5.48 Å². The number of amides is 2. The lowest BCUT2D eigenvalue weighted by Gasteiger charge is -2.06. The number of nitrogens with one attached hydrogen (secondary N) is 1. The number of carbonyl (C=O) groups is 2. The summed E-state index contributed by atoms with van der Waals surface area (Å²) in [6.07, 6.45) is -1.02. The standard InChI is InChI=1S/C6H10N2O4/c1-3(4(2)9)5(10)12-8-6(7)11/h4,9H,1H2,2H3,(H3,7,8,11). The van der Waals surface area contributed by atoms with Crippen molar-refractivity contribution in [1.29, 1.82) is 0 Å². The fourth-order valence-electron chi connectivity index (χ4n) is 0.333. The minimum atomic E-state index is -1.02. The predicted octanol–water partition coefficient (Wildman–Crippen LogP) is -0.950. The van der Waals surface area contributed by atoms with E-state index < -0.39 is 18.1 Å². The molecule has 0 heterocycles. The number of aliphatic hydroxyl groups is 1. The predicted molar refractivity (Wildman–Crippen MR) is 39.6 cm³/mol. The van der Waals surface area contributed by atoms with E-state index in [2.05, 4.69) is 17.2 Å². The summed E-state index contributed by atoms with van der Waals surface area (Å²) in [4.78, 5) is 24.9. The highest BCUT2D eigenvalue weighted by atomic mass is 16.7.